The molecule has 3 aliphatic rings. The van der Waals surface area contributed by atoms with Gasteiger partial charge in [-0.3, -0.25) is 0 Å². The van der Waals surface area contributed by atoms with Gasteiger partial charge in [-0.2, -0.15) is 0 Å². The van der Waals surface area contributed by atoms with Crippen molar-refractivity contribution in [1.82, 2.24) is 0 Å². The van der Waals surface area contributed by atoms with E-state index in [4.69, 9.17) is 4.74 Å². The van der Waals surface area contributed by atoms with Crippen LogP contribution in [-0.4, -0.2) is 12.7 Å². The molecule has 0 bridgehead atoms. The SMILES string of the molecule is CCC[C@H]1CC[C@H](C2CCCCC2C2CCO2)CC1. The summed E-state index contributed by atoms with van der Waals surface area (Å²) in [5.41, 5.74) is 0. The van der Waals surface area contributed by atoms with Crippen molar-refractivity contribution in [3.63, 3.8) is 0 Å². The largest absolute Gasteiger partial charge is 0.378 e. The third kappa shape index (κ3) is 3.17. The van der Waals surface area contributed by atoms with E-state index in [-0.39, 0.29) is 0 Å². The standard InChI is InChI=1S/C18H32O/c1-2-5-14-8-10-15(11-9-14)16-6-3-4-7-17(16)18-12-13-19-18/h14-18H,2-13H2,1H3/t14-,15-,16?,17?,18?. The third-order valence-electron chi connectivity index (χ3n) is 6.28. The van der Waals surface area contributed by atoms with E-state index >= 15 is 0 Å². The van der Waals surface area contributed by atoms with Crippen molar-refractivity contribution in [3.8, 4) is 0 Å². The fourth-order valence-corrected chi connectivity index (χ4v) is 5.14. The Morgan fingerprint density at radius 3 is 2.11 bits per heavy atom. The highest BCUT2D eigenvalue weighted by molar-refractivity contribution is 4.89. The van der Waals surface area contributed by atoms with Crippen molar-refractivity contribution < 1.29 is 4.74 Å². The maximum absolute atomic E-state index is 5.85. The van der Waals surface area contributed by atoms with E-state index in [1.165, 1.54) is 70.6 Å². The molecule has 3 atom stereocenters. The first-order valence-corrected chi connectivity index (χ1v) is 9.00. The summed E-state index contributed by atoms with van der Waals surface area (Å²) in [7, 11) is 0. The van der Waals surface area contributed by atoms with Crippen LogP contribution in [0.25, 0.3) is 0 Å². The fraction of sp³-hybridized carbons (Fsp3) is 1.00. The van der Waals surface area contributed by atoms with Crippen molar-refractivity contribution in [2.24, 2.45) is 23.7 Å². The van der Waals surface area contributed by atoms with Crippen LogP contribution in [0.3, 0.4) is 0 Å². The van der Waals surface area contributed by atoms with Crippen LogP contribution < -0.4 is 0 Å². The molecule has 1 nitrogen and oxygen atoms in total. The first-order valence-electron chi connectivity index (χ1n) is 9.00. The minimum atomic E-state index is 0.652. The van der Waals surface area contributed by atoms with Crippen LogP contribution in [-0.2, 0) is 4.74 Å². The number of rotatable bonds is 4. The van der Waals surface area contributed by atoms with E-state index in [0.717, 1.165) is 30.3 Å². The Morgan fingerprint density at radius 1 is 0.842 bits per heavy atom. The van der Waals surface area contributed by atoms with Gasteiger partial charge in [0.05, 0.1) is 6.10 Å². The molecule has 1 saturated heterocycles. The fourth-order valence-electron chi connectivity index (χ4n) is 5.14. The molecule has 0 amide bonds. The molecule has 110 valence electrons. The number of hydrogen-bond donors (Lipinski definition) is 0. The minimum Gasteiger partial charge on any atom is -0.378 e. The highest BCUT2D eigenvalue weighted by Crippen LogP contribution is 2.46. The molecule has 3 fully saturated rings. The van der Waals surface area contributed by atoms with Crippen molar-refractivity contribution in [3.05, 3.63) is 0 Å². The van der Waals surface area contributed by atoms with Gasteiger partial charge in [0.15, 0.2) is 0 Å². The van der Waals surface area contributed by atoms with Crippen molar-refractivity contribution >= 4 is 0 Å². The van der Waals surface area contributed by atoms with Gasteiger partial charge in [0.1, 0.15) is 0 Å². The normalized spacial score (nSPS) is 43.7. The second-order valence-electron chi connectivity index (χ2n) is 7.38. The molecule has 0 aromatic rings. The van der Waals surface area contributed by atoms with Gasteiger partial charge >= 0.3 is 0 Å². The molecular weight excluding hydrogens is 232 g/mol. The van der Waals surface area contributed by atoms with Gasteiger partial charge in [-0.1, -0.05) is 45.4 Å². The van der Waals surface area contributed by atoms with E-state index in [1.54, 1.807) is 0 Å². The number of hydrogen-bond acceptors (Lipinski definition) is 1. The molecule has 1 heteroatoms. The monoisotopic (exact) mass is 264 g/mol. The van der Waals surface area contributed by atoms with Gasteiger partial charge in [0.2, 0.25) is 0 Å². The van der Waals surface area contributed by atoms with E-state index in [9.17, 15) is 0 Å². The quantitative estimate of drug-likeness (QED) is 0.679. The molecule has 0 aromatic heterocycles. The summed E-state index contributed by atoms with van der Waals surface area (Å²) in [6.07, 6.45) is 16.9. The van der Waals surface area contributed by atoms with E-state index in [0.29, 0.717) is 6.10 Å². The summed E-state index contributed by atoms with van der Waals surface area (Å²) < 4.78 is 5.85. The lowest BCUT2D eigenvalue weighted by Gasteiger charge is -2.46. The second-order valence-corrected chi connectivity index (χ2v) is 7.38. The first-order chi connectivity index (χ1) is 9.38. The number of ether oxygens (including phenoxy) is 1. The molecular formula is C18H32O. The lowest BCUT2D eigenvalue weighted by molar-refractivity contribution is -0.116. The highest BCUT2D eigenvalue weighted by atomic mass is 16.5. The molecule has 2 saturated carbocycles. The van der Waals surface area contributed by atoms with Gasteiger partial charge in [-0.05, 0) is 55.8 Å². The zero-order chi connectivity index (χ0) is 13.1. The Kier molecular flexibility index (Phi) is 4.84. The van der Waals surface area contributed by atoms with Crippen molar-refractivity contribution in [1.29, 1.82) is 0 Å². The van der Waals surface area contributed by atoms with Crippen LogP contribution in [0.15, 0.2) is 0 Å². The van der Waals surface area contributed by atoms with Crippen LogP contribution in [0, 0.1) is 23.7 Å². The zero-order valence-electron chi connectivity index (χ0n) is 12.8. The molecule has 0 aromatic carbocycles. The Labute approximate surface area is 119 Å². The second kappa shape index (κ2) is 6.61. The zero-order valence-corrected chi connectivity index (χ0v) is 12.8. The Morgan fingerprint density at radius 2 is 1.53 bits per heavy atom. The Bertz CT molecular complexity index is 263. The molecule has 0 spiro atoms. The smallest absolute Gasteiger partial charge is 0.0627 e. The highest BCUT2D eigenvalue weighted by Gasteiger charge is 2.40. The van der Waals surface area contributed by atoms with Crippen LogP contribution >= 0.6 is 0 Å². The van der Waals surface area contributed by atoms with Crippen LogP contribution in [0.5, 0.6) is 0 Å². The van der Waals surface area contributed by atoms with Crippen molar-refractivity contribution in [2.45, 2.75) is 83.7 Å². The summed E-state index contributed by atoms with van der Waals surface area (Å²) in [5, 5.41) is 0. The van der Waals surface area contributed by atoms with Crippen LogP contribution in [0.4, 0.5) is 0 Å². The van der Waals surface area contributed by atoms with Gasteiger partial charge in [-0.25, -0.2) is 0 Å². The van der Waals surface area contributed by atoms with Gasteiger partial charge in [0.25, 0.3) is 0 Å². The maximum Gasteiger partial charge on any atom is 0.0627 e. The molecule has 3 rings (SSSR count). The molecule has 3 unspecified atom stereocenters. The molecule has 0 N–H and O–H groups in total. The van der Waals surface area contributed by atoms with E-state index in [1.807, 2.05) is 0 Å². The van der Waals surface area contributed by atoms with Crippen LogP contribution in [0.1, 0.15) is 77.6 Å². The lowest BCUT2D eigenvalue weighted by atomic mass is 9.64. The summed E-state index contributed by atoms with van der Waals surface area (Å²) in [6, 6.07) is 0. The summed E-state index contributed by atoms with van der Waals surface area (Å²) in [5.74, 6) is 4.04. The minimum absolute atomic E-state index is 0.652. The summed E-state index contributed by atoms with van der Waals surface area (Å²) >= 11 is 0. The average molecular weight is 264 g/mol. The van der Waals surface area contributed by atoms with Crippen LogP contribution in [0.2, 0.25) is 0 Å². The molecule has 1 heterocycles. The third-order valence-corrected chi connectivity index (χ3v) is 6.28. The topological polar surface area (TPSA) is 9.23 Å². The summed E-state index contributed by atoms with van der Waals surface area (Å²) in [6.45, 7) is 3.38. The maximum atomic E-state index is 5.85. The lowest BCUT2D eigenvalue weighted by Crippen LogP contribution is -2.42. The predicted octanol–water partition coefficient (Wildman–Crippen LogP) is 5.19. The van der Waals surface area contributed by atoms with Gasteiger partial charge < -0.3 is 4.74 Å². The van der Waals surface area contributed by atoms with E-state index < -0.39 is 0 Å². The molecule has 2 aliphatic carbocycles. The Balaban J connectivity index is 1.54. The van der Waals surface area contributed by atoms with E-state index in [2.05, 4.69) is 6.92 Å². The molecule has 0 radical (unpaired) electrons. The van der Waals surface area contributed by atoms with Gasteiger partial charge in [0, 0.05) is 6.61 Å². The molecule has 1 aliphatic heterocycles. The van der Waals surface area contributed by atoms with Gasteiger partial charge in [-0.15, -0.1) is 0 Å². The summed E-state index contributed by atoms with van der Waals surface area (Å²) in [4.78, 5) is 0. The first kappa shape index (κ1) is 13.9. The average Bonchev–Trinajstić information content (AvgIpc) is 2.39. The molecule has 19 heavy (non-hydrogen) atoms. The Hall–Kier alpha value is -0.0400. The predicted molar refractivity (Wildman–Crippen MR) is 80.2 cm³/mol. The van der Waals surface area contributed by atoms with Crippen molar-refractivity contribution in [2.75, 3.05) is 6.61 Å².